The molecule has 0 radical (unpaired) electrons. The van der Waals surface area contributed by atoms with E-state index in [-0.39, 0.29) is 0 Å². The monoisotopic (exact) mass is 246 g/mol. The number of hydrogen-bond donors (Lipinski definition) is 1. The molecule has 2 rings (SSSR count). The van der Waals surface area contributed by atoms with E-state index in [4.69, 9.17) is 17.3 Å². The van der Waals surface area contributed by atoms with Crippen LogP contribution in [0.2, 0.25) is 5.02 Å². The van der Waals surface area contributed by atoms with Crippen LogP contribution >= 0.6 is 27.5 Å². The zero-order valence-corrected chi connectivity index (χ0v) is 8.69. The number of nitrogens with zero attached hydrogens (tertiary/aromatic N) is 1. The minimum atomic E-state index is 0.490. The second-order valence-electron chi connectivity index (χ2n) is 3.00. The molecule has 1 aromatic heterocycles. The molecule has 0 unspecified atom stereocenters. The molecule has 1 aromatic rings. The van der Waals surface area contributed by atoms with Crippen LogP contribution in [-0.2, 0) is 0 Å². The molecule has 64 valence electrons. The molecule has 0 bridgehead atoms. The molecule has 1 aliphatic carbocycles. The van der Waals surface area contributed by atoms with Crippen molar-refractivity contribution in [1.29, 1.82) is 0 Å². The van der Waals surface area contributed by atoms with Gasteiger partial charge in [-0.3, -0.25) is 0 Å². The minimum Gasteiger partial charge on any atom is -0.383 e. The maximum atomic E-state index is 5.92. The van der Waals surface area contributed by atoms with Gasteiger partial charge in [-0.2, -0.15) is 0 Å². The Hall–Kier alpha value is -0.280. The van der Waals surface area contributed by atoms with Crippen LogP contribution in [-0.4, -0.2) is 4.98 Å². The van der Waals surface area contributed by atoms with E-state index in [0.29, 0.717) is 21.2 Å². The van der Waals surface area contributed by atoms with Crippen molar-refractivity contribution in [3.63, 3.8) is 0 Å². The number of nitrogen functional groups attached to an aromatic ring is 1. The molecule has 0 spiro atoms. The highest BCUT2D eigenvalue weighted by molar-refractivity contribution is 9.10. The minimum absolute atomic E-state index is 0.490. The molecular weight excluding hydrogens is 239 g/mol. The Bertz CT molecular complexity index is 300. The third-order valence-electron chi connectivity index (χ3n) is 1.95. The highest BCUT2D eigenvalue weighted by Gasteiger charge is 2.26. The summed E-state index contributed by atoms with van der Waals surface area (Å²) in [5.41, 5.74) is 6.67. The predicted octanol–water partition coefficient (Wildman–Crippen LogP) is 2.96. The van der Waals surface area contributed by atoms with Crippen molar-refractivity contribution in [3.8, 4) is 0 Å². The van der Waals surface area contributed by atoms with Crippen LogP contribution in [0.1, 0.15) is 24.5 Å². The van der Waals surface area contributed by atoms with Gasteiger partial charge in [-0.25, -0.2) is 4.98 Å². The number of halogens is 2. The average Bonchev–Trinajstić information content (AvgIpc) is 2.81. The van der Waals surface area contributed by atoms with Gasteiger partial charge in [0.15, 0.2) is 0 Å². The summed E-state index contributed by atoms with van der Waals surface area (Å²) in [6.07, 6.45) is 2.43. The van der Waals surface area contributed by atoms with Crippen molar-refractivity contribution in [2.24, 2.45) is 0 Å². The molecule has 1 saturated carbocycles. The molecule has 0 atom stereocenters. The summed E-state index contributed by atoms with van der Waals surface area (Å²) >= 11 is 9.19. The van der Waals surface area contributed by atoms with Crippen LogP contribution in [0.5, 0.6) is 0 Å². The smallest absolute Gasteiger partial charge is 0.139 e. The molecule has 0 aliphatic heterocycles. The number of rotatable bonds is 1. The van der Waals surface area contributed by atoms with Crippen LogP contribution in [0.4, 0.5) is 5.82 Å². The molecular formula is C8H8BrClN2. The van der Waals surface area contributed by atoms with Crippen molar-refractivity contribution in [2.75, 3.05) is 5.73 Å². The molecule has 1 heterocycles. The number of aromatic nitrogens is 1. The van der Waals surface area contributed by atoms with Gasteiger partial charge < -0.3 is 5.73 Å². The molecule has 1 fully saturated rings. The Balaban J connectivity index is 2.45. The summed E-state index contributed by atoms with van der Waals surface area (Å²) in [5.74, 6) is 1.09. The number of pyridine rings is 1. The van der Waals surface area contributed by atoms with Crippen LogP contribution in [0.15, 0.2) is 10.5 Å². The van der Waals surface area contributed by atoms with E-state index in [9.17, 15) is 0 Å². The quantitative estimate of drug-likeness (QED) is 0.829. The summed E-state index contributed by atoms with van der Waals surface area (Å²) in [6.45, 7) is 0. The van der Waals surface area contributed by atoms with Gasteiger partial charge in [-0.05, 0) is 34.8 Å². The molecule has 4 heteroatoms. The Kier molecular flexibility index (Phi) is 2.00. The van der Waals surface area contributed by atoms with E-state index in [1.165, 1.54) is 12.8 Å². The Morgan fingerprint density at radius 1 is 1.58 bits per heavy atom. The van der Waals surface area contributed by atoms with Crippen LogP contribution in [0, 0.1) is 0 Å². The summed E-state index contributed by atoms with van der Waals surface area (Å²) in [6, 6.07) is 1.89. The largest absolute Gasteiger partial charge is 0.383 e. The molecule has 0 aromatic carbocycles. The first kappa shape index (κ1) is 8.32. The fourth-order valence-corrected chi connectivity index (χ4v) is 1.54. The predicted molar refractivity (Wildman–Crippen MR) is 53.3 cm³/mol. The van der Waals surface area contributed by atoms with Gasteiger partial charge in [0, 0.05) is 11.6 Å². The van der Waals surface area contributed by atoms with Crippen molar-refractivity contribution >= 4 is 33.3 Å². The molecule has 12 heavy (non-hydrogen) atoms. The van der Waals surface area contributed by atoms with Gasteiger partial charge in [0.2, 0.25) is 0 Å². The van der Waals surface area contributed by atoms with E-state index in [0.717, 1.165) is 5.69 Å². The summed E-state index contributed by atoms with van der Waals surface area (Å²) in [5, 5.41) is 0.657. The first-order valence-electron chi connectivity index (χ1n) is 3.80. The SMILES string of the molecule is Nc1nc(C2CC2)cc(Cl)c1Br. The van der Waals surface area contributed by atoms with Gasteiger partial charge in [0.25, 0.3) is 0 Å². The average molecular weight is 248 g/mol. The van der Waals surface area contributed by atoms with Crippen molar-refractivity contribution in [3.05, 3.63) is 21.3 Å². The number of hydrogen-bond acceptors (Lipinski definition) is 2. The summed E-state index contributed by atoms with van der Waals surface area (Å²) in [7, 11) is 0. The van der Waals surface area contributed by atoms with E-state index >= 15 is 0 Å². The van der Waals surface area contributed by atoms with E-state index in [2.05, 4.69) is 20.9 Å². The Labute approximate surface area is 84.3 Å². The molecule has 0 saturated heterocycles. The highest BCUT2D eigenvalue weighted by Crippen LogP contribution is 2.41. The first-order valence-corrected chi connectivity index (χ1v) is 4.97. The van der Waals surface area contributed by atoms with Gasteiger partial charge in [0.05, 0.1) is 9.50 Å². The highest BCUT2D eigenvalue weighted by atomic mass is 79.9. The third-order valence-corrected chi connectivity index (χ3v) is 3.31. The van der Waals surface area contributed by atoms with E-state index in [1.807, 2.05) is 6.07 Å². The lowest BCUT2D eigenvalue weighted by atomic mass is 10.2. The lowest BCUT2D eigenvalue weighted by Gasteiger charge is -2.03. The fraction of sp³-hybridized carbons (Fsp3) is 0.375. The van der Waals surface area contributed by atoms with Crippen molar-refractivity contribution in [1.82, 2.24) is 4.98 Å². The summed E-state index contributed by atoms with van der Waals surface area (Å²) < 4.78 is 0.702. The molecule has 2 nitrogen and oxygen atoms in total. The fourth-order valence-electron chi connectivity index (χ4n) is 1.12. The third kappa shape index (κ3) is 1.43. The zero-order valence-electron chi connectivity index (χ0n) is 6.35. The lowest BCUT2D eigenvalue weighted by molar-refractivity contribution is 1.03. The lowest BCUT2D eigenvalue weighted by Crippen LogP contribution is -1.96. The molecule has 0 amide bonds. The maximum absolute atomic E-state index is 5.92. The maximum Gasteiger partial charge on any atom is 0.139 e. The van der Waals surface area contributed by atoms with Crippen LogP contribution in [0.25, 0.3) is 0 Å². The normalized spacial score (nSPS) is 16.5. The standard InChI is InChI=1S/C8H8BrClN2/c9-7-5(10)3-6(4-1-2-4)12-8(7)11/h3-4H,1-2H2,(H2,11,12). The van der Waals surface area contributed by atoms with Crippen LogP contribution in [0.3, 0.4) is 0 Å². The topological polar surface area (TPSA) is 38.9 Å². The zero-order chi connectivity index (χ0) is 8.72. The Morgan fingerprint density at radius 3 is 2.75 bits per heavy atom. The van der Waals surface area contributed by atoms with Crippen molar-refractivity contribution < 1.29 is 0 Å². The number of anilines is 1. The van der Waals surface area contributed by atoms with Crippen molar-refractivity contribution in [2.45, 2.75) is 18.8 Å². The second-order valence-corrected chi connectivity index (χ2v) is 4.20. The van der Waals surface area contributed by atoms with Gasteiger partial charge in [-0.15, -0.1) is 0 Å². The van der Waals surface area contributed by atoms with Gasteiger partial charge in [0.1, 0.15) is 5.82 Å². The Morgan fingerprint density at radius 2 is 2.25 bits per heavy atom. The second kappa shape index (κ2) is 2.89. The molecule has 2 N–H and O–H groups in total. The molecule has 1 aliphatic rings. The van der Waals surface area contributed by atoms with Gasteiger partial charge >= 0.3 is 0 Å². The van der Waals surface area contributed by atoms with E-state index in [1.54, 1.807) is 0 Å². The van der Waals surface area contributed by atoms with Crippen LogP contribution < -0.4 is 5.73 Å². The van der Waals surface area contributed by atoms with Gasteiger partial charge in [-0.1, -0.05) is 11.6 Å². The summed E-state index contributed by atoms with van der Waals surface area (Å²) in [4.78, 5) is 4.24. The number of nitrogens with two attached hydrogens (primary N) is 1. The van der Waals surface area contributed by atoms with E-state index < -0.39 is 0 Å². The first-order chi connectivity index (χ1) is 5.68.